The van der Waals surface area contributed by atoms with Gasteiger partial charge in [-0.05, 0) is 32.5 Å². The van der Waals surface area contributed by atoms with E-state index in [-0.39, 0.29) is 11.0 Å². The Hall–Kier alpha value is -0.970. The summed E-state index contributed by atoms with van der Waals surface area (Å²) in [6.45, 7) is 7.74. The van der Waals surface area contributed by atoms with Crippen LogP contribution in [0.3, 0.4) is 0 Å². The van der Waals surface area contributed by atoms with Crippen molar-refractivity contribution in [3.63, 3.8) is 0 Å². The summed E-state index contributed by atoms with van der Waals surface area (Å²) in [5.41, 5.74) is 1.26. The second-order valence-electron chi connectivity index (χ2n) is 6.87. The summed E-state index contributed by atoms with van der Waals surface area (Å²) in [5, 5.41) is 1.19. The molecule has 1 aromatic heterocycles. The molecule has 1 aliphatic carbocycles. The zero-order valence-corrected chi connectivity index (χ0v) is 14.3. The standard InChI is InChI=1S/C17H24N2OS/c1-16(2)14(10-17(16,3)20-5)19(4)11-15-18-12-8-6-7-9-13(12)21-15/h6-9,14H,10-11H2,1-5H3/t14-,17-/m1/s1. The molecule has 1 aliphatic rings. The maximum atomic E-state index is 5.73. The molecule has 0 saturated heterocycles. The topological polar surface area (TPSA) is 25.4 Å². The molecule has 21 heavy (non-hydrogen) atoms. The number of hydrogen-bond acceptors (Lipinski definition) is 4. The molecule has 0 bridgehead atoms. The monoisotopic (exact) mass is 304 g/mol. The molecule has 0 spiro atoms. The van der Waals surface area contributed by atoms with Gasteiger partial charge in [0.25, 0.3) is 0 Å². The lowest BCUT2D eigenvalue weighted by atomic mass is 9.55. The van der Waals surface area contributed by atoms with E-state index in [0.717, 1.165) is 18.5 Å². The first-order valence-electron chi connectivity index (χ1n) is 7.47. The van der Waals surface area contributed by atoms with E-state index in [1.165, 1.54) is 9.71 Å². The van der Waals surface area contributed by atoms with E-state index < -0.39 is 0 Å². The molecule has 3 nitrogen and oxygen atoms in total. The van der Waals surface area contributed by atoms with Crippen LogP contribution in [0, 0.1) is 5.41 Å². The fourth-order valence-electron chi connectivity index (χ4n) is 3.47. The van der Waals surface area contributed by atoms with Gasteiger partial charge in [0.1, 0.15) is 5.01 Å². The summed E-state index contributed by atoms with van der Waals surface area (Å²) >= 11 is 1.80. The highest BCUT2D eigenvalue weighted by atomic mass is 32.1. The number of para-hydroxylation sites is 1. The van der Waals surface area contributed by atoms with Crippen molar-refractivity contribution in [3.05, 3.63) is 29.3 Å². The molecular weight excluding hydrogens is 280 g/mol. The first kappa shape index (κ1) is 14.9. The van der Waals surface area contributed by atoms with E-state index in [1.807, 2.05) is 7.11 Å². The van der Waals surface area contributed by atoms with Crippen molar-refractivity contribution >= 4 is 21.6 Å². The van der Waals surface area contributed by atoms with Gasteiger partial charge in [0, 0.05) is 18.6 Å². The van der Waals surface area contributed by atoms with E-state index in [1.54, 1.807) is 11.3 Å². The molecule has 1 fully saturated rings. The number of thiazole rings is 1. The van der Waals surface area contributed by atoms with E-state index in [0.29, 0.717) is 6.04 Å². The molecule has 0 radical (unpaired) electrons. The predicted octanol–water partition coefficient (Wildman–Crippen LogP) is 3.93. The predicted molar refractivity (Wildman–Crippen MR) is 88.7 cm³/mol. The molecule has 1 heterocycles. The van der Waals surface area contributed by atoms with Crippen molar-refractivity contribution in [1.82, 2.24) is 9.88 Å². The summed E-state index contributed by atoms with van der Waals surface area (Å²) in [6, 6.07) is 8.90. The van der Waals surface area contributed by atoms with Gasteiger partial charge in [-0.3, -0.25) is 4.90 Å². The van der Waals surface area contributed by atoms with Gasteiger partial charge in [-0.2, -0.15) is 0 Å². The smallest absolute Gasteiger partial charge is 0.108 e. The number of methoxy groups -OCH3 is 1. The van der Waals surface area contributed by atoms with Crippen LogP contribution in [0.2, 0.25) is 0 Å². The number of fused-ring (bicyclic) bond motifs is 1. The minimum absolute atomic E-state index is 0.0144. The van der Waals surface area contributed by atoms with Crippen molar-refractivity contribution in [3.8, 4) is 0 Å². The zero-order valence-electron chi connectivity index (χ0n) is 13.5. The molecular formula is C17H24N2OS. The Kier molecular flexibility index (Phi) is 3.59. The number of rotatable bonds is 4. The van der Waals surface area contributed by atoms with Gasteiger partial charge in [0.05, 0.1) is 22.4 Å². The molecule has 0 amide bonds. The van der Waals surface area contributed by atoms with Gasteiger partial charge >= 0.3 is 0 Å². The lowest BCUT2D eigenvalue weighted by Gasteiger charge is -2.61. The molecule has 3 rings (SSSR count). The molecule has 2 atom stereocenters. The number of nitrogens with zero attached hydrogens (tertiary/aromatic N) is 2. The van der Waals surface area contributed by atoms with Crippen LogP contribution in [0.4, 0.5) is 0 Å². The van der Waals surface area contributed by atoms with Gasteiger partial charge in [0.2, 0.25) is 0 Å². The molecule has 0 unspecified atom stereocenters. The fraction of sp³-hybridized carbons (Fsp3) is 0.588. The number of ether oxygens (including phenoxy) is 1. The summed E-state index contributed by atoms with van der Waals surface area (Å²) in [5.74, 6) is 0. The lowest BCUT2D eigenvalue weighted by Crippen LogP contribution is -2.67. The minimum Gasteiger partial charge on any atom is -0.378 e. The van der Waals surface area contributed by atoms with E-state index in [9.17, 15) is 0 Å². The Bertz CT molecular complexity index is 618. The average molecular weight is 304 g/mol. The van der Waals surface area contributed by atoms with Crippen LogP contribution in [0.15, 0.2) is 24.3 Å². The second kappa shape index (κ2) is 5.04. The SMILES string of the molecule is CO[C@]1(C)C[C@@H](N(C)Cc2nc3ccccc3s2)C1(C)C. The first-order chi connectivity index (χ1) is 9.87. The third-order valence-corrected chi connectivity index (χ3v) is 6.51. The lowest BCUT2D eigenvalue weighted by molar-refractivity contribution is -0.207. The number of aromatic nitrogens is 1. The van der Waals surface area contributed by atoms with Crippen LogP contribution in [-0.4, -0.2) is 35.7 Å². The summed E-state index contributed by atoms with van der Waals surface area (Å²) in [6.07, 6.45) is 1.08. The largest absolute Gasteiger partial charge is 0.378 e. The van der Waals surface area contributed by atoms with Gasteiger partial charge in [0.15, 0.2) is 0 Å². The van der Waals surface area contributed by atoms with Crippen molar-refractivity contribution in [2.45, 2.75) is 45.4 Å². The Morgan fingerprint density at radius 2 is 2.05 bits per heavy atom. The highest BCUT2D eigenvalue weighted by molar-refractivity contribution is 7.18. The maximum Gasteiger partial charge on any atom is 0.108 e. The molecule has 1 aromatic carbocycles. The molecule has 0 aliphatic heterocycles. The summed E-state index contributed by atoms with van der Waals surface area (Å²) in [7, 11) is 4.03. The van der Waals surface area contributed by atoms with Crippen molar-refractivity contribution in [2.75, 3.05) is 14.2 Å². The first-order valence-corrected chi connectivity index (χ1v) is 8.29. The molecule has 2 aromatic rings. The van der Waals surface area contributed by atoms with Gasteiger partial charge in [-0.15, -0.1) is 11.3 Å². The Labute approximate surface area is 130 Å². The quantitative estimate of drug-likeness (QED) is 0.855. The summed E-state index contributed by atoms with van der Waals surface area (Å²) < 4.78 is 7.00. The van der Waals surface area contributed by atoms with E-state index >= 15 is 0 Å². The van der Waals surface area contributed by atoms with E-state index in [4.69, 9.17) is 9.72 Å². The molecule has 0 N–H and O–H groups in total. The number of hydrogen-bond donors (Lipinski definition) is 0. The highest BCUT2D eigenvalue weighted by Gasteiger charge is 2.58. The third-order valence-electron chi connectivity index (χ3n) is 5.48. The van der Waals surface area contributed by atoms with Crippen LogP contribution >= 0.6 is 11.3 Å². The highest BCUT2D eigenvalue weighted by Crippen LogP contribution is 2.53. The second-order valence-corrected chi connectivity index (χ2v) is 7.98. The molecule has 4 heteroatoms. The zero-order chi connectivity index (χ0) is 15.3. The van der Waals surface area contributed by atoms with Crippen LogP contribution in [0.1, 0.15) is 32.2 Å². The summed E-state index contributed by atoms with van der Waals surface area (Å²) in [4.78, 5) is 7.17. The molecule has 114 valence electrons. The third kappa shape index (κ3) is 2.30. The van der Waals surface area contributed by atoms with Crippen molar-refractivity contribution in [1.29, 1.82) is 0 Å². The van der Waals surface area contributed by atoms with Crippen molar-refractivity contribution in [2.24, 2.45) is 5.41 Å². The van der Waals surface area contributed by atoms with Gasteiger partial charge < -0.3 is 4.74 Å². The van der Waals surface area contributed by atoms with Crippen molar-refractivity contribution < 1.29 is 4.74 Å². The van der Waals surface area contributed by atoms with Crippen LogP contribution in [0.5, 0.6) is 0 Å². The van der Waals surface area contributed by atoms with Crippen LogP contribution < -0.4 is 0 Å². The Balaban J connectivity index is 1.74. The van der Waals surface area contributed by atoms with Crippen LogP contribution in [0.25, 0.3) is 10.2 Å². The fourth-order valence-corrected chi connectivity index (χ4v) is 4.50. The maximum absolute atomic E-state index is 5.73. The van der Waals surface area contributed by atoms with Gasteiger partial charge in [-0.1, -0.05) is 26.0 Å². The average Bonchev–Trinajstić information content (AvgIpc) is 2.86. The normalized spacial score (nSPS) is 28.0. The Morgan fingerprint density at radius 3 is 2.67 bits per heavy atom. The minimum atomic E-state index is -0.0144. The molecule has 1 saturated carbocycles. The van der Waals surface area contributed by atoms with Gasteiger partial charge in [-0.25, -0.2) is 4.98 Å². The van der Waals surface area contributed by atoms with E-state index in [2.05, 4.69) is 57.0 Å². The number of benzene rings is 1. The van der Waals surface area contributed by atoms with Crippen LogP contribution in [-0.2, 0) is 11.3 Å². The Morgan fingerprint density at radius 1 is 1.33 bits per heavy atom.